The minimum absolute atomic E-state index is 0. The van der Waals surface area contributed by atoms with Crippen LogP contribution in [0, 0.1) is 29.6 Å². The zero-order valence-corrected chi connectivity index (χ0v) is 63.3. The molecule has 4 fully saturated rings. The minimum atomic E-state index is -1.77. The van der Waals surface area contributed by atoms with Crippen LogP contribution < -0.4 is 45.9 Å². The van der Waals surface area contributed by atoms with Crippen molar-refractivity contribution in [3.63, 3.8) is 0 Å². The summed E-state index contributed by atoms with van der Waals surface area (Å²) in [7, 11) is 10.0. The van der Waals surface area contributed by atoms with E-state index in [0.29, 0.717) is 54.4 Å². The third-order valence-electron chi connectivity index (χ3n) is 15.0. The summed E-state index contributed by atoms with van der Waals surface area (Å²) >= 11 is 14.4. The maximum atomic E-state index is 13.3. The Morgan fingerprint density at radius 1 is 0.594 bits per heavy atom. The molecule has 0 bridgehead atoms. The number of aldehydes is 1. The van der Waals surface area contributed by atoms with Crippen molar-refractivity contribution in [2.24, 2.45) is 11.7 Å². The van der Waals surface area contributed by atoms with Crippen molar-refractivity contribution in [1.29, 1.82) is 0 Å². The number of hydrogen-bond donors (Lipinski definition) is 4. The first kappa shape index (κ1) is 91.5. The van der Waals surface area contributed by atoms with Gasteiger partial charge < -0.3 is 62.9 Å². The van der Waals surface area contributed by atoms with Crippen molar-refractivity contribution >= 4 is 108 Å². The van der Waals surface area contributed by atoms with Gasteiger partial charge >= 0.3 is 41.5 Å². The number of rotatable bonds is 18. The average Bonchev–Trinajstić information content (AvgIpc) is 1.73. The first-order valence-electron chi connectivity index (χ1n) is 31.9. The molecule has 5 N–H and O–H groups in total. The summed E-state index contributed by atoms with van der Waals surface area (Å²) in [6, 6.07) is 29.3. The summed E-state index contributed by atoms with van der Waals surface area (Å²) in [6.07, 6.45) is 12.6. The number of nitrogens with two attached hydrogens (primary N) is 1. The summed E-state index contributed by atoms with van der Waals surface area (Å²) in [4.78, 5) is 137. The first-order chi connectivity index (χ1) is 47.3. The molecule has 101 heavy (non-hydrogen) atoms. The van der Waals surface area contributed by atoms with Gasteiger partial charge in [-0.1, -0.05) is 95.6 Å². The molecule has 4 atom stereocenters. The van der Waals surface area contributed by atoms with Gasteiger partial charge in [0, 0.05) is 114 Å². The molecule has 4 aromatic rings. The van der Waals surface area contributed by atoms with Gasteiger partial charge in [0.25, 0.3) is 29.6 Å². The number of ether oxygens (including phenoxy) is 4. The summed E-state index contributed by atoms with van der Waals surface area (Å²) in [5.41, 5.74) is 7.40. The van der Waals surface area contributed by atoms with Crippen LogP contribution in [0.4, 0.5) is 0 Å². The van der Waals surface area contributed by atoms with E-state index < -0.39 is 87.0 Å². The molecule has 0 aromatic heterocycles. The number of ketones is 2. The molecule has 2 heterocycles. The number of aryl methyl sites for hydroxylation is 1. The molecule has 2 aliphatic heterocycles. The van der Waals surface area contributed by atoms with Crippen LogP contribution in [0.2, 0.25) is 0 Å². The zero-order chi connectivity index (χ0) is 75.0. The van der Waals surface area contributed by atoms with Gasteiger partial charge in [-0.15, -0.1) is 0 Å². The molecule has 24 nitrogen and oxygen atoms in total. The molecule has 2 aliphatic carbocycles. The van der Waals surface area contributed by atoms with Gasteiger partial charge in [0.1, 0.15) is 19.5 Å². The van der Waals surface area contributed by atoms with Crippen LogP contribution >= 0.6 is 34.8 Å². The molecule has 3 radical (unpaired) electrons. The first-order valence-corrected chi connectivity index (χ1v) is 33.2. The van der Waals surface area contributed by atoms with Crippen LogP contribution in [-0.4, -0.2) is 177 Å². The second-order valence-electron chi connectivity index (χ2n) is 23.0. The molecule has 2 saturated carbocycles. The fourth-order valence-electron chi connectivity index (χ4n) is 8.59. The SMILES string of the molecule is CC(=O)O.CC(=O)OOC(C)=O.CNC(=O)[C@@](C)(C(=O)COC1CCCCO1)N(C)C(=O)c1ccc(C#Cc2ccc(C=O)cc2)cc1.CNC(=O)[C@@](C)(C(=O)COC1CCCCO1)N(C)C(=O)c1ccc(C#Cc2ccc(CCC3CC3)cc2)cc1.ClC(Cl)Cl.NC1CC1.[B-]OC(C)=O.[Na+]. The Morgan fingerprint density at radius 3 is 1.17 bits per heavy atom. The Balaban J connectivity index is 0.000000748. The minimum Gasteiger partial charge on any atom is -0.793 e. The predicted octanol–water partition coefficient (Wildman–Crippen LogP) is 5.56. The Hall–Kier alpha value is -7.50. The summed E-state index contributed by atoms with van der Waals surface area (Å²) in [5.74, 6) is 7.46. The number of nitrogens with zero attached hydrogens (tertiary/aromatic N) is 2. The molecular weight excluding hydrogens is 1380 g/mol. The third-order valence-corrected chi connectivity index (χ3v) is 15.0. The number of carbonyl (C=O) groups is 11. The van der Waals surface area contributed by atoms with E-state index in [1.54, 1.807) is 72.8 Å². The van der Waals surface area contributed by atoms with Gasteiger partial charge in [-0.2, -0.15) is 0 Å². The van der Waals surface area contributed by atoms with Gasteiger partial charge in [0.15, 0.2) is 39.5 Å². The number of aliphatic carboxylic acids is 1. The van der Waals surface area contributed by atoms with Crippen molar-refractivity contribution in [3.8, 4) is 23.7 Å². The van der Waals surface area contributed by atoms with Crippen LogP contribution in [0.15, 0.2) is 97.1 Å². The fraction of sp³-hybridized carbons (Fsp3) is 0.458. The normalized spacial score (nSPS) is 15.6. The van der Waals surface area contributed by atoms with Gasteiger partial charge in [-0.05, 0) is 162 Å². The molecule has 4 aliphatic rings. The molecule has 0 spiro atoms. The molecule has 4 aromatic carbocycles. The van der Waals surface area contributed by atoms with E-state index in [2.05, 4.69) is 68.9 Å². The number of carbonyl (C=O) groups excluding carboxylic acids is 10. The molecule has 29 heteroatoms. The molecule has 2 unspecified atom stereocenters. The maximum absolute atomic E-state index is 13.3. The Bertz CT molecular complexity index is 3420. The van der Waals surface area contributed by atoms with Crippen molar-refractivity contribution in [2.45, 2.75) is 153 Å². The van der Waals surface area contributed by atoms with Gasteiger partial charge in [-0.3, -0.25) is 43.2 Å². The molecule has 2 saturated heterocycles. The maximum Gasteiger partial charge on any atom is 1.00 e. The predicted molar refractivity (Wildman–Crippen MR) is 375 cm³/mol. The largest absolute Gasteiger partial charge is 1.00 e. The van der Waals surface area contributed by atoms with Crippen LogP contribution in [0.1, 0.15) is 171 Å². The van der Waals surface area contributed by atoms with E-state index >= 15 is 0 Å². The van der Waals surface area contributed by atoms with Crippen molar-refractivity contribution in [1.82, 2.24) is 20.4 Å². The van der Waals surface area contributed by atoms with Crippen molar-refractivity contribution in [2.75, 3.05) is 54.6 Å². The number of Topliss-reactive ketones (excluding diaryl/α,β-unsaturated/α-hetero) is 2. The standard InChI is InChI=1S/C32H38N2O5.C28H30N2O6.C4H6O4.C3H7N.C2H3BO2.C2H4O2.CHCl3.Na/c1-32(31(37)33-2,28(35)22-39-29-6-4-5-21-38-29)34(3)30(36)27-19-17-26(18-20-27)16-15-25-13-11-24(12-14-25)10-9-23-7-8-23;1-28(27(34)29-2,24(32)19-36-25-6-4-5-17-35-25)30(3)26(33)23-15-13-21(14-16-23)8-7-20-9-11-22(18-31)12-10-20;1-3(5)7-8-4(2)6;4-3-1-2-3;1-2(4)5-3;1-2(3)4;2-1(3)4;/h11-14,17-20,23,29H,4-10,21-22H2,1-3H3,(H,33,37);9-16,18,25H,4-6,17,19H2,1-3H3,(H,29,34);1-2H3;3H,1-2,4H2;1H3;1H3,(H,3,4);1H;/q;;;;-1;;;+1/t29?,32-;25?,28-;;;;;;/m11....../s1. The van der Waals surface area contributed by atoms with E-state index in [-0.39, 0.29) is 42.8 Å². The number of benzene rings is 4. The number of hydrogen-bond acceptors (Lipinski definition) is 19. The number of halogens is 3. The number of carboxylic acid groups (broad SMARTS) is 1. The van der Waals surface area contributed by atoms with Crippen molar-refractivity contribution in [3.05, 3.63) is 142 Å². The second kappa shape index (κ2) is 49.2. The van der Waals surface area contributed by atoms with Gasteiger partial charge in [-0.25, -0.2) is 19.4 Å². The molecule has 8 rings (SSSR count). The Labute approximate surface area is 629 Å². The molecule has 4 amide bonds. The smallest absolute Gasteiger partial charge is 0.793 e. The van der Waals surface area contributed by atoms with E-state index in [4.69, 9.17) is 69.4 Å². The monoisotopic (exact) mass is 1470 g/mol. The number of nitrogens with one attached hydrogen (secondary N) is 2. The summed E-state index contributed by atoms with van der Waals surface area (Å²) in [6.45, 7) is 7.91. The van der Waals surface area contributed by atoms with Crippen LogP contribution in [0.25, 0.3) is 0 Å². The molecule has 541 valence electrons. The number of likely N-dealkylation sites (N-methyl/N-ethyl adjacent to an activating group) is 4. The fourth-order valence-corrected chi connectivity index (χ4v) is 8.59. The van der Waals surface area contributed by atoms with E-state index in [9.17, 15) is 47.9 Å². The molecular formula is C72H89BCl3N5NaO19. The van der Waals surface area contributed by atoms with E-state index in [1.807, 2.05) is 12.1 Å². The van der Waals surface area contributed by atoms with Crippen LogP contribution in [0.5, 0.6) is 0 Å². The Kier molecular flexibility index (Phi) is 44.6. The Morgan fingerprint density at radius 2 is 0.911 bits per heavy atom. The van der Waals surface area contributed by atoms with Gasteiger partial charge in [0.05, 0.1) is 0 Å². The van der Waals surface area contributed by atoms with Crippen LogP contribution in [0.3, 0.4) is 0 Å². The van der Waals surface area contributed by atoms with Crippen molar-refractivity contribution < 1.29 is 121 Å². The topological polar surface area (TPSA) is 329 Å². The third kappa shape index (κ3) is 36.3. The number of amides is 4. The summed E-state index contributed by atoms with van der Waals surface area (Å²) in [5, 5.41) is 12.4. The number of alkyl halides is 3. The zero-order valence-electron chi connectivity index (χ0n) is 59.0. The van der Waals surface area contributed by atoms with E-state index in [1.165, 1.54) is 91.5 Å². The average molecular weight is 1470 g/mol. The van der Waals surface area contributed by atoms with Gasteiger partial charge in [0.2, 0.25) is 5.97 Å². The number of carboxylic acids is 1. The quantitative estimate of drug-likeness (QED) is 0.0180. The van der Waals surface area contributed by atoms with Crippen LogP contribution in [-0.2, 0) is 78.2 Å². The second-order valence-corrected chi connectivity index (χ2v) is 25.0. The summed E-state index contributed by atoms with van der Waals surface area (Å²) < 4.78 is 25.1. The van der Waals surface area contributed by atoms with E-state index in [0.717, 1.165) is 86.7 Å².